The molecule has 100 valence electrons. The van der Waals surface area contributed by atoms with Crippen LogP contribution in [0.25, 0.3) is 0 Å². The minimum Gasteiger partial charge on any atom is -0.387 e. The summed E-state index contributed by atoms with van der Waals surface area (Å²) in [7, 11) is 4.68. The van der Waals surface area contributed by atoms with E-state index >= 15 is 0 Å². The Morgan fingerprint density at radius 2 is 1.89 bits per heavy atom. The van der Waals surface area contributed by atoms with Crippen molar-refractivity contribution in [2.24, 2.45) is 0 Å². The van der Waals surface area contributed by atoms with Crippen LogP contribution in [0.5, 0.6) is 0 Å². The van der Waals surface area contributed by atoms with Crippen LogP contribution >= 0.6 is 0 Å². The van der Waals surface area contributed by atoms with Crippen LogP contribution in [0.1, 0.15) is 15.9 Å². The molecule has 0 fully saturated rings. The quantitative estimate of drug-likeness (QED) is 0.817. The molecule has 0 saturated heterocycles. The zero-order chi connectivity index (χ0) is 13.9. The lowest BCUT2D eigenvalue weighted by atomic mass is 10.1. The fraction of sp³-hybridized carbons (Fsp3) is 0.364. The molecule has 0 aliphatic carbocycles. The molecule has 0 aliphatic heterocycles. The minimum atomic E-state index is -4.47. The molecule has 18 heavy (non-hydrogen) atoms. The largest absolute Gasteiger partial charge is 0.416 e. The van der Waals surface area contributed by atoms with Crippen molar-refractivity contribution in [1.82, 2.24) is 10.4 Å². The van der Waals surface area contributed by atoms with E-state index in [4.69, 9.17) is 0 Å². The van der Waals surface area contributed by atoms with Crippen LogP contribution in [0.4, 0.5) is 18.9 Å². The highest BCUT2D eigenvalue weighted by molar-refractivity contribution is 5.99. The lowest BCUT2D eigenvalue weighted by molar-refractivity contribution is -0.137. The molecule has 0 atom stereocenters. The lowest BCUT2D eigenvalue weighted by Gasteiger charge is -2.16. The van der Waals surface area contributed by atoms with Gasteiger partial charge in [0.05, 0.1) is 11.1 Å². The number of hydrogen-bond acceptors (Lipinski definition) is 3. The molecule has 0 aromatic heterocycles. The predicted molar refractivity (Wildman–Crippen MR) is 62.1 cm³/mol. The van der Waals surface area contributed by atoms with Crippen LogP contribution in [0.2, 0.25) is 0 Å². The van der Waals surface area contributed by atoms with Gasteiger partial charge in [-0.05, 0) is 18.2 Å². The van der Waals surface area contributed by atoms with Crippen molar-refractivity contribution in [3.63, 3.8) is 0 Å². The zero-order valence-electron chi connectivity index (χ0n) is 10.2. The number of alkyl halides is 3. The normalized spacial score (nSPS) is 11.5. The van der Waals surface area contributed by atoms with Crippen LogP contribution < -0.4 is 10.7 Å². The van der Waals surface area contributed by atoms with Crippen molar-refractivity contribution < 1.29 is 18.0 Å². The number of amides is 1. The molecule has 0 saturated carbocycles. The molecule has 0 bridgehead atoms. The van der Waals surface area contributed by atoms with Crippen LogP contribution in [-0.4, -0.2) is 32.1 Å². The predicted octanol–water partition coefficient (Wildman–Crippen LogP) is 1.95. The molecule has 0 radical (unpaired) electrons. The van der Waals surface area contributed by atoms with E-state index in [-0.39, 0.29) is 5.56 Å². The van der Waals surface area contributed by atoms with Gasteiger partial charge in [-0.1, -0.05) is 0 Å². The Labute approximate surface area is 103 Å². The van der Waals surface area contributed by atoms with E-state index in [0.717, 1.165) is 12.1 Å². The number of halogens is 3. The van der Waals surface area contributed by atoms with E-state index in [1.165, 1.54) is 18.1 Å². The van der Waals surface area contributed by atoms with Gasteiger partial charge in [-0.25, -0.2) is 5.01 Å². The number of nitrogens with zero attached hydrogens (tertiary/aromatic N) is 1. The van der Waals surface area contributed by atoms with Gasteiger partial charge in [-0.3, -0.25) is 10.2 Å². The second-order valence-corrected chi connectivity index (χ2v) is 3.84. The Morgan fingerprint density at radius 3 is 2.33 bits per heavy atom. The van der Waals surface area contributed by atoms with Crippen molar-refractivity contribution in [3.8, 4) is 0 Å². The van der Waals surface area contributed by atoms with E-state index in [0.29, 0.717) is 5.69 Å². The average Bonchev–Trinajstić information content (AvgIpc) is 2.26. The summed E-state index contributed by atoms with van der Waals surface area (Å²) < 4.78 is 37.7. The first kappa shape index (κ1) is 14.3. The summed E-state index contributed by atoms with van der Waals surface area (Å²) in [6, 6.07) is 2.98. The molecule has 0 aliphatic rings. The van der Waals surface area contributed by atoms with Gasteiger partial charge in [-0.2, -0.15) is 13.2 Å². The molecule has 1 aromatic rings. The molecule has 1 aromatic carbocycles. The second-order valence-electron chi connectivity index (χ2n) is 3.84. The summed E-state index contributed by atoms with van der Waals surface area (Å²) in [5.41, 5.74) is 1.82. The molecule has 1 rings (SSSR count). The third-order valence-electron chi connectivity index (χ3n) is 2.19. The monoisotopic (exact) mass is 261 g/mol. The third kappa shape index (κ3) is 3.36. The van der Waals surface area contributed by atoms with Crippen molar-refractivity contribution in [1.29, 1.82) is 0 Å². The standard InChI is InChI=1S/C11H14F3N3O/c1-15-9-5-4-7(11(12,13)14)6-8(9)10(18)16-17(2)3/h4-6,15H,1-3H3,(H,16,18). The molecule has 4 nitrogen and oxygen atoms in total. The minimum absolute atomic E-state index is 0.0546. The maximum Gasteiger partial charge on any atom is 0.416 e. The van der Waals surface area contributed by atoms with Gasteiger partial charge in [0, 0.05) is 26.8 Å². The smallest absolute Gasteiger partial charge is 0.387 e. The fourth-order valence-corrected chi connectivity index (χ4v) is 1.39. The number of hydrogen-bond donors (Lipinski definition) is 2. The van der Waals surface area contributed by atoms with Crippen LogP contribution in [-0.2, 0) is 6.18 Å². The van der Waals surface area contributed by atoms with Gasteiger partial charge in [0.25, 0.3) is 5.91 Å². The number of hydrazine groups is 1. The maximum absolute atomic E-state index is 12.6. The first-order valence-corrected chi connectivity index (χ1v) is 5.13. The molecular formula is C11H14F3N3O. The highest BCUT2D eigenvalue weighted by atomic mass is 19.4. The number of benzene rings is 1. The molecule has 2 N–H and O–H groups in total. The molecule has 1 amide bonds. The fourth-order valence-electron chi connectivity index (χ4n) is 1.39. The molecule has 0 spiro atoms. The Bertz CT molecular complexity index is 444. The Balaban J connectivity index is 3.18. The number of nitrogens with one attached hydrogen (secondary N) is 2. The highest BCUT2D eigenvalue weighted by Gasteiger charge is 2.31. The third-order valence-corrected chi connectivity index (χ3v) is 2.19. The van der Waals surface area contributed by atoms with Gasteiger partial charge in [0.15, 0.2) is 0 Å². The lowest BCUT2D eigenvalue weighted by Crippen LogP contribution is -2.36. The van der Waals surface area contributed by atoms with Crippen molar-refractivity contribution >= 4 is 11.6 Å². The molecule has 7 heteroatoms. The Morgan fingerprint density at radius 1 is 1.28 bits per heavy atom. The van der Waals surface area contributed by atoms with Crippen LogP contribution in [0, 0.1) is 0 Å². The first-order valence-electron chi connectivity index (χ1n) is 5.13. The maximum atomic E-state index is 12.6. The van der Waals surface area contributed by atoms with E-state index in [1.807, 2.05) is 0 Å². The summed E-state index contributed by atoms with van der Waals surface area (Å²) in [6.07, 6.45) is -4.47. The van der Waals surface area contributed by atoms with E-state index < -0.39 is 17.6 Å². The van der Waals surface area contributed by atoms with Gasteiger partial charge >= 0.3 is 6.18 Å². The second kappa shape index (κ2) is 5.26. The van der Waals surface area contributed by atoms with Crippen LogP contribution in [0.15, 0.2) is 18.2 Å². The van der Waals surface area contributed by atoms with Gasteiger partial charge in [0.2, 0.25) is 0 Å². The molecule has 0 heterocycles. The summed E-state index contributed by atoms with van der Waals surface area (Å²) in [5.74, 6) is -0.601. The Kier molecular flexibility index (Phi) is 4.18. The SMILES string of the molecule is CNc1ccc(C(F)(F)F)cc1C(=O)NN(C)C. The summed E-state index contributed by atoms with van der Waals surface area (Å²) in [5, 5.41) is 4.04. The van der Waals surface area contributed by atoms with E-state index in [9.17, 15) is 18.0 Å². The zero-order valence-corrected chi connectivity index (χ0v) is 10.2. The van der Waals surface area contributed by atoms with Crippen LogP contribution in [0.3, 0.4) is 0 Å². The Hall–Kier alpha value is -1.76. The van der Waals surface area contributed by atoms with Crippen molar-refractivity contribution in [3.05, 3.63) is 29.3 Å². The van der Waals surface area contributed by atoms with Crippen molar-refractivity contribution in [2.75, 3.05) is 26.5 Å². The summed E-state index contributed by atoms with van der Waals surface area (Å²) in [4.78, 5) is 11.8. The number of rotatable bonds is 3. The van der Waals surface area contributed by atoms with Gasteiger partial charge in [0.1, 0.15) is 0 Å². The highest BCUT2D eigenvalue weighted by Crippen LogP contribution is 2.31. The van der Waals surface area contributed by atoms with Gasteiger partial charge in [-0.15, -0.1) is 0 Å². The first-order chi connectivity index (χ1) is 8.25. The van der Waals surface area contributed by atoms with Gasteiger partial charge < -0.3 is 5.32 Å². The summed E-state index contributed by atoms with van der Waals surface area (Å²) in [6.45, 7) is 0. The average molecular weight is 261 g/mol. The summed E-state index contributed by atoms with van der Waals surface area (Å²) >= 11 is 0. The van der Waals surface area contributed by atoms with E-state index in [1.54, 1.807) is 14.1 Å². The number of carbonyl (C=O) groups excluding carboxylic acids is 1. The molecule has 0 unspecified atom stereocenters. The number of anilines is 1. The van der Waals surface area contributed by atoms with Crippen molar-refractivity contribution in [2.45, 2.75) is 6.18 Å². The number of carbonyl (C=O) groups is 1. The molecular weight excluding hydrogens is 247 g/mol. The van der Waals surface area contributed by atoms with E-state index in [2.05, 4.69) is 10.7 Å². The topological polar surface area (TPSA) is 44.4 Å².